The lowest BCUT2D eigenvalue weighted by atomic mass is 10.2. The molecular formula is C20H17ClFN3O2S. The van der Waals surface area contributed by atoms with Crippen LogP contribution in [0.1, 0.15) is 28.0 Å². The average Bonchev–Trinajstić information content (AvgIpc) is 3.11. The van der Waals surface area contributed by atoms with Gasteiger partial charge in [0.2, 0.25) is 5.91 Å². The average molecular weight is 418 g/mol. The summed E-state index contributed by atoms with van der Waals surface area (Å²) in [6.07, 6.45) is 0.608. The Morgan fingerprint density at radius 1 is 1.14 bits per heavy atom. The fourth-order valence-electron chi connectivity index (χ4n) is 2.39. The second-order valence-electron chi connectivity index (χ2n) is 6.12. The van der Waals surface area contributed by atoms with Crippen molar-refractivity contribution in [3.63, 3.8) is 0 Å². The molecule has 1 aromatic heterocycles. The second-order valence-corrected chi connectivity index (χ2v) is 7.41. The summed E-state index contributed by atoms with van der Waals surface area (Å²) in [7, 11) is 0. The molecule has 0 saturated carbocycles. The van der Waals surface area contributed by atoms with Gasteiger partial charge in [-0.1, -0.05) is 17.7 Å². The van der Waals surface area contributed by atoms with Crippen LogP contribution in [-0.2, 0) is 11.2 Å². The number of hydrogen-bond acceptors (Lipinski definition) is 4. The van der Waals surface area contributed by atoms with E-state index in [2.05, 4.69) is 15.6 Å². The van der Waals surface area contributed by atoms with Gasteiger partial charge >= 0.3 is 0 Å². The van der Waals surface area contributed by atoms with Crippen LogP contribution >= 0.6 is 22.9 Å². The molecule has 2 amide bonds. The van der Waals surface area contributed by atoms with Crippen molar-refractivity contribution < 1.29 is 14.0 Å². The van der Waals surface area contributed by atoms with Crippen molar-refractivity contribution in [1.82, 2.24) is 4.98 Å². The number of aromatic nitrogens is 1. The molecule has 8 heteroatoms. The van der Waals surface area contributed by atoms with Gasteiger partial charge in [-0.05, 0) is 55.3 Å². The van der Waals surface area contributed by atoms with E-state index in [-0.39, 0.29) is 24.1 Å². The van der Waals surface area contributed by atoms with Gasteiger partial charge in [-0.25, -0.2) is 9.37 Å². The maximum absolute atomic E-state index is 13.5. The van der Waals surface area contributed by atoms with Crippen molar-refractivity contribution in [2.45, 2.75) is 19.8 Å². The monoisotopic (exact) mass is 417 g/mol. The third-order valence-electron chi connectivity index (χ3n) is 3.94. The molecule has 3 rings (SSSR count). The van der Waals surface area contributed by atoms with Crippen LogP contribution < -0.4 is 10.6 Å². The normalized spacial score (nSPS) is 10.5. The lowest BCUT2D eigenvalue weighted by Crippen LogP contribution is -2.13. The van der Waals surface area contributed by atoms with E-state index in [1.54, 1.807) is 48.7 Å². The highest BCUT2D eigenvalue weighted by Crippen LogP contribution is 2.19. The van der Waals surface area contributed by atoms with E-state index in [0.29, 0.717) is 39.1 Å². The van der Waals surface area contributed by atoms with E-state index in [1.165, 1.54) is 17.4 Å². The highest BCUT2D eigenvalue weighted by molar-refractivity contribution is 7.14. The molecule has 0 spiro atoms. The predicted octanol–water partition coefficient (Wildman–Crippen LogP) is 5.07. The molecule has 2 aromatic carbocycles. The van der Waals surface area contributed by atoms with Gasteiger partial charge in [-0.2, -0.15) is 0 Å². The molecule has 0 atom stereocenters. The number of carbonyl (C=O) groups excluding carboxylic acids is 2. The molecule has 0 bridgehead atoms. The standard InChI is InChI=1S/C20H17ClFN3O2S/c1-12-2-7-15(10-17(12)22)23-18(26)9-8-16-11-28-20(24-16)25-19(27)13-3-5-14(21)6-4-13/h2-7,10-11H,8-9H2,1H3,(H,23,26)(H,24,25,27). The number of thiazole rings is 1. The summed E-state index contributed by atoms with van der Waals surface area (Å²) in [5.74, 6) is -0.877. The Morgan fingerprint density at radius 2 is 1.89 bits per heavy atom. The smallest absolute Gasteiger partial charge is 0.257 e. The summed E-state index contributed by atoms with van der Waals surface area (Å²) in [5, 5.41) is 8.18. The molecule has 0 aliphatic rings. The van der Waals surface area contributed by atoms with E-state index in [0.717, 1.165) is 0 Å². The lowest BCUT2D eigenvalue weighted by molar-refractivity contribution is -0.116. The van der Waals surface area contributed by atoms with Gasteiger partial charge in [0.05, 0.1) is 5.69 Å². The first-order valence-electron chi connectivity index (χ1n) is 8.48. The Labute approximate surface area is 170 Å². The van der Waals surface area contributed by atoms with Crippen LogP contribution in [0.2, 0.25) is 5.02 Å². The summed E-state index contributed by atoms with van der Waals surface area (Å²) < 4.78 is 13.5. The van der Waals surface area contributed by atoms with Crippen molar-refractivity contribution in [3.05, 3.63) is 75.5 Å². The van der Waals surface area contributed by atoms with Crippen molar-refractivity contribution in [1.29, 1.82) is 0 Å². The molecule has 0 radical (unpaired) electrons. The van der Waals surface area contributed by atoms with E-state index in [4.69, 9.17) is 11.6 Å². The van der Waals surface area contributed by atoms with Crippen molar-refractivity contribution in [2.24, 2.45) is 0 Å². The molecule has 5 nitrogen and oxygen atoms in total. The number of benzene rings is 2. The molecule has 144 valence electrons. The van der Waals surface area contributed by atoms with Gasteiger partial charge in [-0.15, -0.1) is 11.3 Å². The molecule has 3 aromatic rings. The Balaban J connectivity index is 1.51. The highest BCUT2D eigenvalue weighted by atomic mass is 35.5. The van der Waals surface area contributed by atoms with Gasteiger partial charge in [0, 0.05) is 28.1 Å². The molecule has 1 heterocycles. The number of halogens is 2. The fourth-order valence-corrected chi connectivity index (χ4v) is 3.25. The van der Waals surface area contributed by atoms with Gasteiger partial charge in [0.15, 0.2) is 5.13 Å². The van der Waals surface area contributed by atoms with E-state index >= 15 is 0 Å². The van der Waals surface area contributed by atoms with Gasteiger partial charge < -0.3 is 5.32 Å². The zero-order valence-corrected chi connectivity index (χ0v) is 16.5. The first kappa shape index (κ1) is 20.0. The molecule has 0 unspecified atom stereocenters. The summed E-state index contributed by atoms with van der Waals surface area (Å²) >= 11 is 7.10. The maximum atomic E-state index is 13.5. The Morgan fingerprint density at radius 3 is 2.61 bits per heavy atom. The van der Waals surface area contributed by atoms with E-state index < -0.39 is 0 Å². The molecule has 28 heavy (non-hydrogen) atoms. The van der Waals surface area contributed by atoms with Crippen molar-refractivity contribution >= 4 is 45.6 Å². The minimum atomic E-state index is -0.363. The molecule has 2 N–H and O–H groups in total. The quantitative estimate of drug-likeness (QED) is 0.588. The summed E-state index contributed by atoms with van der Waals surface area (Å²) in [4.78, 5) is 28.5. The largest absolute Gasteiger partial charge is 0.326 e. The SMILES string of the molecule is Cc1ccc(NC(=O)CCc2csc(NC(=O)c3ccc(Cl)cc3)n2)cc1F. The molecular weight excluding hydrogens is 401 g/mol. The third-order valence-corrected chi connectivity index (χ3v) is 5.00. The lowest BCUT2D eigenvalue weighted by Gasteiger charge is -2.05. The van der Waals surface area contributed by atoms with Gasteiger partial charge in [0.1, 0.15) is 5.82 Å². The van der Waals surface area contributed by atoms with Crippen LogP contribution in [-0.4, -0.2) is 16.8 Å². The maximum Gasteiger partial charge on any atom is 0.257 e. The molecule has 0 fully saturated rings. The topological polar surface area (TPSA) is 71.1 Å². The zero-order valence-electron chi connectivity index (χ0n) is 15.0. The molecule has 0 aliphatic carbocycles. The van der Waals surface area contributed by atoms with Gasteiger partial charge in [-0.3, -0.25) is 14.9 Å². The number of aryl methyl sites for hydroxylation is 2. The minimum Gasteiger partial charge on any atom is -0.326 e. The molecule has 0 saturated heterocycles. The number of hydrogen-bond donors (Lipinski definition) is 2. The second kappa shape index (κ2) is 8.95. The fraction of sp³-hybridized carbons (Fsp3) is 0.150. The van der Waals surface area contributed by atoms with Gasteiger partial charge in [0.25, 0.3) is 5.91 Å². The molecule has 0 aliphatic heterocycles. The van der Waals surface area contributed by atoms with E-state index in [1.807, 2.05) is 0 Å². The van der Waals surface area contributed by atoms with Crippen LogP contribution in [0.4, 0.5) is 15.2 Å². The Hall–Kier alpha value is -2.77. The number of nitrogens with one attached hydrogen (secondary N) is 2. The first-order valence-corrected chi connectivity index (χ1v) is 9.74. The predicted molar refractivity (Wildman–Crippen MR) is 110 cm³/mol. The van der Waals surface area contributed by atoms with Crippen LogP contribution in [0.15, 0.2) is 47.8 Å². The number of rotatable bonds is 6. The van der Waals surface area contributed by atoms with E-state index in [9.17, 15) is 14.0 Å². The zero-order chi connectivity index (χ0) is 20.1. The van der Waals surface area contributed by atoms with Crippen LogP contribution in [0.5, 0.6) is 0 Å². The number of anilines is 2. The number of carbonyl (C=O) groups is 2. The minimum absolute atomic E-state index is 0.198. The summed E-state index contributed by atoms with van der Waals surface area (Å²) in [6, 6.07) is 11.1. The summed E-state index contributed by atoms with van der Waals surface area (Å²) in [6.45, 7) is 1.66. The number of nitrogens with zero attached hydrogens (tertiary/aromatic N) is 1. The third kappa shape index (κ3) is 5.37. The Bertz CT molecular complexity index is 1000. The first-order chi connectivity index (χ1) is 13.4. The van der Waals surface area contributed by atoms with Crippen LogP contribution in [0.25, 0.3) is 0 Å². The highest BCUT2D eigenvalue weighted by Gasteiger charge is 2.11. The Kier molecular flexibility index (Phi) is 6.38. The van der Waals surface area contributed by atoms with Crippen molar-refractivity contribution in [2.75, 3.05) is 10.6 Å². The number of amides is 2. The van der Waals surface area contributed by atoms with Crippen LogP contribution in [0, 0.1) is 12.7 Å². The summed E-state index contributed by atoms with van der Waals surface area (Å²) in [5.41, 5.74) is 2.11. The van der Waals surface area contributed by atoms with Crippen molar-refractivity contribution in [3.8, 4) is 0 Å². The van der Waals surface area contributed by atoms with Crippen LogP contribution in [0.3, 0.4) is 0 Å².